The highest BCUT2D eigenvalue weighted by Crippen LogP contribution is 2.08. The number of hydrogen-bond acceptors (Lipinski definition) is 7. The van der Waals surface area contributed by atoms with Crippen molar-refractivity contribution in [2.75, 3.05) is 26.1 Å². The lowest BCUT2D eigenvalue weighted by atomic mass is 10.5. The molecule has 2 aromatic heterocycles. The second-order valence-corrected chi connectivity index (χ2v) is 3.78. The maximum absolute atomic E-state index is 11.6. The Morgan fingerprint density at radius 3 is 3.11 bits per heavy atom. The highest BCUT2D eigenvalue weighted by molar-refractivity contribution is 5.70. The minimum Gasteiger partial charge on any atom is -0.394 e. The van der Waals surface area contributed by atoms with Gasteiger partial charge in [0.1, 0.15) is 0 Å². The van der Waals surface area contributed by atoms with Crippen LogP contribution in [0.2, 0.25) is 0 Å². The van der Waals surface area contributed by atoms with Gasteiger partial charge in [-0.15, -0.1) is 0 Å². The van der Waals surface area contributed by atoms with E-state index in [1.54, 1.807) is 4.57 Å². The quantitative estimate of drug-likeness (QED) is 0.555. The SMILES string of the molecule is COC(Cn1cnc2c(=O)[nH]c(N)nc21)OCCO. The minimum atomic E-state index is -0.577. The molecule has 0 saturated carbocycles. The number of fused-ring (bicyclic) bond motifs is 1. The Kier molecular flexibility index (Phi) is 4.10. The number of aliphatic hydroxyl groups excluding tert-OH is 1. The van der Waals surface area contributed by atoms with Gasteiger partial charge in [-0.3, -0.25) is 9.78 Å². The topological polar surface area (TPSA) is 128 Å². The van der Waals surface area contributed by atoms with Gasteiger partial charge in [0.25, 0.3) is 5.56 Å². The molecule has 9 nitrogen and oxygen atoms in total. The monoisotopic (exact) mass is 269 g/mol. The standard InChI is InChI=1S/C10H15N5O4/c1-18-6(19-3-2-16)4-15-5-12-7-8(15)13-10(11)14-9(7)17/h5-6,16H,2-4H2,1H3,(H3,11,13,14,17). The molecule has 2 aromatic rings. The summed E-state index contributed by atoms with van der Waals surface area (Å²) in [6.45, 7) is 0.333. The van der Waals surface area contributed by atoms with Crippen LogP contribution in [0.15, 0.2) is 11.1 Å². The van der Waals surface area contributed by atoms with Crippen LogP contribution in [-0.4, -0.2) is 51.2 Å². The van der Waals surface area contributed by atoms with Gasteiger partial charge in [0, 0.05) is 7.11 Å². The number of hydrogen-bond donors (Lipinski definition) is 3. The van der Waals surface area contributed by atoms with Crippen LogP contribution in [-0.2, 0) is 16.0 Å². The zero-order chi connectivity index (χ0) is 13.8. The van der Waals surface area contributed by atoms with Crippen molar-refractivity contribution in [2.24, 2.45) is 0 Å². The van der Waals surface area contributed by atoms with Crippen molar-refractivity contribution in [3.63, 3.8) is 0 Å². The maximum Gasteiger partial charge on any atom is 0.280 e. The van der Waals surface area contributed by atoms with Crippen LogP contribution in [0.4, 0.5) is 5.95 Å². The molecule has 4 N–H and O–H groups in total. The number of ether oxygens (including phenoxy) is 2. The number of nitrogens with two attached hydrogens (primary N) is 1. The number of anilines is 1. The zero-order valence-electron chi connectivity index (χ0n) is 10.4. The van der Waals surface area contributed by atoms with E-state index in [4.69, 9.17) is 20.3 Å². The molecule has 0 bridgehead atoms. The van der Waals surface area contributed by atoms with Crippen LogP contribution in [0.5, 0.6) is 0 Å². The highest BCUT2D eigenvalue weighted by Gasteiger charge is 2.14. The van der Waals surface area contributed by atoms with Crippen molar-refractivity contribution in [3.05, 3.63) is 16.7 Å². The summed E-state index contributed by atoms with van der Waals surface area (Å²) in [6, 6.07) is 0. The van der Waals surface area contributed by atoms with Gasteiger partial charge in [-0.2, -0.15) is 4.98 Å². The van der Waals surface area contributed by atoms with Crippen molar-refractivity contribution < 1.29 is 14.6 Å². The van der Waals surface area contributed by atoms with E-state index < -0.39 is 11.8 Å². The molecule has 0 aliphatic rings. The number of methoxy groups -OCH3 is 1. The van der Waals surface area contributed by atoms with Crippen LogP contribution in [0, 0.1) is 0 Å². The third-order valence-corrected chi connectivity index (χ3v) is 2.50. The van der Waals surface area contributed by atoms with Crippen LogP contribution >= 0.6 is 0 Å². The van der Waals surface area contributed by atoms with Gasteiger partial charge in [0.15, 0.2) is 17.5 Å². The lowest BCUT2D eigenvalue weighted by Crippen LogP contribution is -2.23. The summed E-state index contributed by atoms with van der Waals surface area (Å²) in [5, 5.41) is 8.71. The molecule has 1 atom stereocenters. The summed E-state index contributed by atoms with van der Waals surface area (Å²) in [5.41, 5.74) is 5.65. The van der Waals surface area contributed by atoms with Gasteiger partial charge >= 0.3 is 0 Å². The Hall–Kier alpha value is -1.97. The number of nitrogen functional groups attached to an aromatic ring is 1. The first-order valence-electron chi connectivity index (χ1n) is 5.61. The fourth-order valence-corrected chi connectivity index (χ4v) is 1.64. The number of nitrogens with zero attached hydrogens (tertiary/aromatic N) is 3. The van der Waals surface area contributed by atoms with E-state index in [0.29, 0.717) is 5.65 Å². The molecule has 19 heavy (non-hydrogen) atoms. The Morgan fingerprint density at radius 2 is 2.42 bits per heavy atom. The highest BCUT2D eigenvalue weighted by atomic mass is 16.7. The number of nitrogens with one attached hydrogen (secondary N) is 1. The van der Waals surface area contributed by atoms with Crippen molar-refractivity contribution in [3.8, 4) is 0 Å². The second-order valence-electron chi connectivity index (χ2n) is 3.78. The molecule has 0 aromatic carbocycles. The van der Waals surface area contributed by atoms with Crippen LogP contribution in [0.25, 0.3) is 11.2 Å². The first kappa shape index (κ1) is 13.5. The van der Waals surface area contributed by atoms with Gasteiger partial charge in [-0.05, 0) is 0 Å². The first-order valence-corrected chi connectivity index (χ1v) is 5.61. The summed E-state index contributed by atoms with van der Waals surface area (Å²) < 4.78 is 12.0. The molecule has 0 radical (unpaired) electrons. The fraction of sp³-hybridized carbons (Fsp3) is 0.500. The van der Waals surface area contributed by atoms with Crippen molar-refractivity contribution in [2.45, 2.75) is 12.8 Å². The van der Waals surface area contributed by atoms with E-state index in [2.05, 4.69) is 15.0 Å². The van der Waals surface area contributed by atoms with E-state index in [9.17, 15) is 4.79 Å². The molecule has 0 aliphatic heterocycles. The molecule has 2 heterocycles. The Morgan fingerprint density at radius 1 is 1.63 bits per heavy atom. The van der Waals surface area contributed by atoms with E-state index in [1.807, 2.05) is 0 Å². The Balaban J connectivity index is 2.27. The van der Waals surface area contributed by atoms with Gasteiger partial charge in [-0.1, -0.05) is 0 Å². The molecule has 0 aliphatic carbocycles. The van der Waals surface area contributed by atoms with Crippen LogP contribution in [0.1, 0.15) is 0 Å². The van der Waals surface area contributed by atoms with E-state index in [-0.39, 0.29) is 31.2 Å². The van der Waals surface area contributed by atoms with Crippen molar-refractivity contribution in [1.82, 2.24) is 19.5 Å². The van der Waals surface area contributed by atoms with Gasteiger partial charge in [-0.25, -0.2) is 4.98 Å². The normalized spacial score (nSPS) is 12.9. The maximum atomic E-state index is 11.6. The predicted octanol–water partition coefficient (Wildman–Crippen LogP) is -1.32. The molecule has 104 valence electrons. The third-order valence-electron chi connectivity index (χ3n) is 2.50. The van der Waals surface area contributed by atoms with Crippen molar-refractivity contribution >= 4 is 17.1 Å². The predicted molar refractivity (Wildman–Crippen MR) is 66.4 cm³/mol. The number of H-pyrrole nitrogens is 1. The molecule has 0 saturated heterocycles. The lowest BCUT2D eigenvalue weighted by Gasteiger charge is -2.16. The van der Waals surface area contributed by atoms with E-state index in [0.717, 1.165) is 0 Å². The Labute approximate surface area is 108 Å². The Bertz CT molecular complexity index is 607. The molecular formula is C10H15N5O4. The zero-order valence-corrected chi connectivity index (χ0v) is 10.4. The number of aliphatic hydroxyl groups is 1. The molecule has 1 unspecified atom stereocenters. The third kappa shape index (κ3) is 2.89. The average molecular weight is 269 g/mol. The summed E-state index contributed by atoms with van der Waals surface area (Å²) in [4.78, 5) is 22.0. The summed E-state index contributed by atoms with van der Waals surface area (Å²) in [6.07, 6.45) is 0.882. The van der Waals surface area contributed by atoms with Crippen LogP contribution in [0.3, 0.4) is 0 Å². The van der Waals surface area contributed by atoms with Gasteiger partial charge in [0.05, 0.1) is 26.1 Å². The molecule has 0 spiro atoms. The number of aromatic nitrogens is 4. The summed E-state index contributed by atoms with van der Waals surface area (Å²) >= 11 is 0. The lowest BCUT2D eigenvalue weighted by molar-refractivity contribution is -0.136. The fourth-order valence-electron chi connectivity index (χ4n) is 1.64. The molecule has 2 rings (SSSR count). The first-order chi connectivity index (χ1) is 9.15. The summed E-state index contributed by atoms with van der Waals surface area (Å²) in [7, 11) is 1.48. The minimum absolute atomic E-state index is 0.0180. The molecular weight excluding hydrogens is 254 g/mol. The molecule has 0 amide bonds. The largest absolute Gasteiger partial charge is 0.394 e. The molecule has 0 fully saturated rings. The smallest absolute Gasteiger partial charge is 0.280 e. The van der Waals surface area contributed by atoms with E-state index >= 15 is 0 Å². The number of rotatable bonds is 6. The van der Waals surface area contributed by atoms with Gasteiger partial charge < -0.3 is 24.9 Å². The summed E-state index contributed by atoms with van der Waals surface area (Å²) in [5.74, 6) is 0.0180. The van der Waals surface area contributed by atoms with Gasteiger partial charge in [0.2, 0.25) is 5.95 Å². The second kappa shape index (κ2) is 5.78. The van der Waals surface area contributed by atoms with Crippen LogP contribution < -0.4 is 11.3 Å². The number of aromatic amines is 1. The average Bonchev–Trinajstić information content (AvgIpc) is 2.77. The van der Waals surface area contributed by atoms with E-state index in [1.165, 1.54) is 13.4 Å². The molecule has 9 heteroatoms. The number of imidazole rings is 1. The van der Waals surface area contributed by atoms with Crippen molar-refractivity contribution in [1.29, 1.82) is 0 Å².